The second-order valence-electron chi connectivity index (χ2n) is 4.17. The molecule has 0 saturated carbocycles. The van der Waals surface area contributed by atoms with Gasteiger partial charge in [0.05, 0.1) is 23.1 Å². The van der Waals surface area contributed by atoms with Crippen molar-refractivity contribution in [3.63, 3.8) is 0 Å². The molecule has 1 aromatic carbocycles. The molecule has 0 fully saturated rings. The summed E-state index contributed by atoms with van der Waals surface area (Å²) in [5, 5.41) is 13.8. The molecule has 1 aromatic heterocycles. The van der Waals surface area contributed by atoms with Crippen LogP contribution >= 0.6 is 15.9 Å². The Bertz CT molecular complexity index is 684. The first-order valence-corrected chi connectivity index (χ1v) is 6.74. The maximum atomic E-state index is 11.3. The maximum absolute atomic E-state index is 11.3. The molecule has 0 spiro atoms. The molecule has 0 amide bonds. The third-order valence-corrected chi connectivity index (χ3v) is 3.41. The van der Waals surface area contributed by atoms with Crippen LogP contribution in [0.4, 0.5) is 11.4 Å². The third-order valence-electron chi connectivity index (χ3n) is 2.78. The van der Waals surface area contributed by atoms with E-state index in [4.69, 9.17) is 0 Å². The van der Waals surface area contributed by atoms with Gasteiger partial charge in [-0.1, -0.05) is 0 Å². The highest BCUT2D eigenvalue weighted by molar-refractivity contribution is 9.10. The number of carbonyl (C=O) groups is 1. The van der Waals surface area contributed by atoms with E-state index in [1.807, 2.05) is 0 Å². The number of nitrogens with one attached hydrogen (secondary N) is 2. The predicted octanol–water partition coefficient (Wildman–Crippen LogP) is 3.08. The van der Waals surface area contributed by atoms with Crippen LogP contribution in [0.15, 0.2) is 34.8 Å². The van der Waals surface area contributed by atoms with Crippen LogP contribution in [0.25, 0.3) is 0 Å². The van der Waals surface area contributed by atoms with Crippen LogP contribution in [0, 0.1) is 10.1 Å². The summed E-state index contributed by atoms with van der Waals surface area (Å²) >= 11 is 3.16. The van der Waals surface area contributed by atoms with Gasteiger partial charge in [0.15, 0.2) is 0 Å². The Morgan fingerprint density at radius 1 is 1.43 bits per heavy atom. The SMILES string of the molecule is COC(=O)c1ccc(CNc2ccc([N+](=O)[O-])c(Br)c2)[nH]1. The molecule has 0 aliphatic carbocycles. The Balaban J connectivity index is 2.03. The van der Waals surface area contributed by atoms with E-state index in [-0.39, 0.29) is 5.69 Å². The number of H-pyrrole nitrogens is 1. The molecule has 0 unspecified atom stereocenters. The Hall–Kier alpha value is -2.35. The second kappa shape index (κ2) is 6.40. The van der Waals surface area contributed by atoms with Crippen LogP contribution in [0.1, 0.15) is 16.2 Å². The molecule has 8 heteroatoms. The van der Waals surface area contributed by atoms with Gasteiger partial charge in [-0.15, -0.1) is 0 Å². The van der Waals surface area contributed by atoms with E-state index in [1.54, 1.807) is 24.3 Å². The van der Waals surface area contributed by atoms with Gasteiger partial charge in [-0.05, 0) is 40.2 Å². The molecule has 0 aliphatic heterocycles. The van der Waals surface area contributed by atoms with Crippen LogP contribution in [0.2, 0.25) is 0 Å². The van der Waals surface area contributed by atoms with Crippen molar-refractivity contribution in [2.45, 2.75) is 6.54 Å². The number of halogens is 1. The predicted molar refractivity (Wildman–Crippen MR) is 80.3 cm³/mol. The Morgan fingerprint density at radius 2 is 2.19 bits per heavy atom. The molecular formula is C13H12BrN3O4. The summed E-state index contributed by atoms with van der Waals surface area (Å²) in [5.74, 6) is -0.431. The minimum absolute atomic E-state index is 0.00778. The molecule has 1 heterocycles. The second-order valence-corrected chi connectivity index (χ2v) is 5.02. The molecule has 2 N–H and O–H groups in total. The van der Waals surface area contributed by atoms with Crippen LogP contribution in [-0.2, 0) is 11.3 Å². The summed E-state index contributed by atoms with van der Waals surface area (Å²) in [6, 6.07) is 8.06. The number of aromatic amines is 1. The number of benzene rings is 1. The van der Waals surface area contributed by atoms with Crippen molar-refractivity contribution in [2.75, 3.05) is 12.4 Å². The first-order chi connectivity index (χ1) is 10.0. The van der Waals surface area contributed by atoms with E-state index in [0.29, 0.717) is 16.7 Å². The van der Waals surface area contributed by atoms with Crippen LogP contribution in [0.3, 0.4) is 0 Å². The molecule has 2 rings (SSSR count). The van der Waals surface area contributed by atoms with Crippen molar-refractivity contribution in [1.29, 1.82) is 0 Å². The summed E-state index contributed by atoms with van der Waals surface area (Å²) in [6.07, 6.45) is 0. The van der Waals surface area contributed by atoms with Gasteiger partial charge in [0, 0.05) is 17.4 Å². The molecule has 0 radical (unpaired) electrons. The summed E-state index contributed by atoms with van der Waals surface area (Å²) in [7, 11) is 1.31. The van der Waals surface area contributed by atoms with Gasteiger partial charge in [0.1, 0.15) is 5.69 Å². The molecule has 0 atom stereocenters. The largest absolute Gasteiger partial charge is 0.464 e. The number of hydrogen-bond acceptors (Lipinski definition) is 5. The van der Waals surface area contributed by atoms with E-state index < -0.39 is 10.9 Å². The molecular weight excluding hydrogens is 342 g/mol. The average Bonchev–Trinajstić information content (AvgIpc) is 2.92. The van der Waals surface area contributed by atoms with Crippen molar-refractivity contribution >= 4 is 33.3 Å². The number of ether oxygens (including phenoxy) is 1. The zero-order valence-electron chi connectivity index (χ0n) is 11.1. The first kappa shape index (κ1) is 15.0. The van der Waals surface area contributed by atoms with Gasteiger partial charge in [-0.25, -0.2) is 4.79 Å². The van der Waals surface area contributed by atoms with Gasteiger partial charge >= 0.3 is 5.97 Å². The highest BCUT2D eigenvalue weighted by atomic mass is 79.9. The topological polar surface area (TPSA) is 97.3 Å². The minimum atomic E-state index is -0.457. The number of methoxy groups -OCH3 is 1. The quantitative estimate of drug-likeness (QED) is 0.489. The number of aromatic nitrogens is 1. The number of nitro groups is 1. The van der Waals surface area contributed by atoms with E-state index in [9.17, 15) is 14.9 Å². The highest BCUT2D eigenvalue weighted by Crippen LogP contribution is 2.27. The third kappa shape index (κ3) is 3.60. The van der Waals surface area contributed by atoms with E-state index in [1.165, 1.54) is 13.2 Å². The lowest BCUT2D eigenvalue weighted by molar-refractivity contribution is -0.385. The molecule has 0 bridgehead atoms. The summed E-state index contributed by atoms with van der Waals surface area (Å²) in [5.41, 5.74) is 1.90. The Labute approximate surface area is 128 Å². The Morgan fingerprint density at radius 3 is 2.81 bits per heavy atom. The highest BCUT2D eigenvalue weighted by Gasteiger charge is 2.12. The fourth-order valence-electron chi connectivity index (χ4n) is 1.73. The zero-order valence-corrected chi connectivity index (χ0v) is 12.6. The van der Waals surface area contributed by atoms with Crippen molar-refractivity contribution < 1.29 is 14.5 Å². The van der Waals surface area contributed by atoms with Gasteiger partial charge in [0.2, 0.25) is 0 Å². The fourth-order valence-corrected chi connectivity index (χ4v) is 2.26. The Kier molecular flexibility index (Phi) is 4.59. The molecule has 21 heavy (non-hydrogen) atoms. The van der Waals surface area contributed by atoms with Crippen LogP contribution in [-0.4, -0.2) is 23.0 Å². The fraction of sp³-hybridized carbons (Fsp3) is 0.154. The molecule has 0 saturated heterocycles. The van der Waals surface area contributed by atoms with E-state index in [2.05, 4.69) is 31.0 Å². The normalized spacial score (nSPS) is 10.2. The summed E-state index contributed by atoms with van der Waals surface area (Å²) in [4.78, 5) is 24.5. The maximum Gasteiger partial charge on any atom is 0.354 e. The van der Waals surface area contributed by atoms with Gasteiger partial charge in [-0.3, -0.25) is 10.1 Å². The number of rotatable bonds is 5. The molecule has 110 valence electrons. The van der Waals surface area contributed by atoms with Gasteiger partial charge in [-0.2, -0.15) is 0 Å². The lowest BCUT2D eigenvalue weighted by Gasteiger charge is -2.06. The lowest BCUT2D eigenvalue weighted by atomic mass is 10.3. The summed E-state index contributed by atoms with van der Waals surface area (Å²) < 4.78 is 5.01. The molecule has 0 aliphatic rings. The monoisotopic (exact) mass is 353 g/mol. The molecule has 2 aromatic rings. The first-order valence-electron chi connectivity index (χ1n) is 5.95. The van der Waals surface area contributed by atoms with Crippen LogP contribution in [0.5, 0.6) is 0 Å². The lowest BCUT2D eigenvalue weighted by Crippen LogP contribution is -2.04. The molecule has 7 nitrogen and oxygen atoms in total. The van der Waals surface area contributed by atoms with Crippen LogP contribution < -0.4 is 5.32 Å². The average molecular weight is 354 g/mol. The van der Waals surface area contributed by atoms with Crippen molar-refractivity contribution in [1.82, 2.24) is 4.98 Å². The zero-order chi connectivity index (χ0) is 15.4. The van der Waals surface area contributed by atoms with E-state index in [0.717, 1.165) is 11.4 Å². The number of hydrogen-bond donors (Lipinski definition) is 2. The number of carbonyl (C=O) groups excluding carboxylic acids is 1. The van der Waals surface area contributed by atoms with Crippen molar-refractivity contribution in [3.05, 3.63) is 56.3 Å². The number of anilines is 1. The number of nitro benzene ring substituents is 1. The summed E-state index contributed by atoms with van der Waals surface area (Å²) in [6.45, 7) is 0.446. The minimum Gasteiger partial charge on any atom is -0.464 e. The standard InChI is InChI=1S/C13H12BrN3O4/c1-21-13(18)11-4-2-9(16-11)7-15-8-3-5-12(17(19)20)10(14)6-8/h2-6,15-16H,7H2,1H3. The number of esters is 1. The van der Waals surface area contributed by atoms with E-state index >= 15 is 0 Å². The van der Waals surface area contributed by atoms with Crippen molar-refractivity contribution in [3.8, 4) is 0 Å². The van der Waals surface area contributed by atoms with Crippen molar-refractivity contribution in [2.24, 2.45) is 0 Å². The van der Waals surface area contributed by atoms with Gasteiger partial charge in [0.25, 0.3) is 5.69 Å². The van der Waals surface area contributed by atoms with Gasteiger partial charge < -0.3 is 15.0 Å². The smallest absolute Gasteiger partial charge is 0.354 e. The number of nitrogens with zero attached hydrogens (tertiary/aromatic N) is 1.